The summed E-state index contributed by atoms with van der Waals surface area (Å²) in [4.78, 5) is 4.62. The van der Waals surface area contributed by atoms with Gasteiger partial charge in [0.1, 0.15) is 17.3 Å². The maximum absolute atomic E-state index is 10.1. The number of fused-ring (bicyclic) bond motifs is 1. The van der Waals surface area contributed by atoms with Crippen molar-refractivity contribution < 1.29 is 10.2 Å². The molecule has 2 N–H and O–H groups in total. The summed E-state index contributed by atoms with van der Waals surface area (Å²) >= 11 is 0. The third-order valence-corrected chi connectivity index (χ3v) is 3.33. The van der Waals surface area contributed by atoms with Crippen LogP contribution in [0.4, 0.5) is 0 Å². The van der Waals surface area contributed by atoms with E-state index in [0.29, 0.717) is 11.4 Å². The molecule has 3 rings (SSSR count). The topological polar surface area (TPSA) is 58.3 Å². The minimum absolute atomic E-state index is 0.0298. The van der Waals surface area contributed by atoms with Gasteiger partial charge >= 0.3 is 0 Å². The Hall–Kier alpha value is -2.49. The summed E-state index contributed by atoms with van der Waals surface area (Å²) in [6, 6.07) is 12.7. The summed E-state index contributed by atoms with van der Waals surface area (Å²) in [7, 11) is 0. The number of aromatic nitrogens is 2. The molecule has 1 aromatic heterocycles. The molecule has 0 aliphatic carbocycles. The number of aromatic hydroxyl groups is 2. The highest BCUT2D eigenvalue weighted by Gasteiger charge is 2.17. The molecule has 0 saturated heterocycles. The van der Waals surface area contributed by atoms with Crippen LogP contribution < -0.4 is 0 Å². The Morgan fingerprint density at radius 3 is 2.50 bits per heavy atom. The monoisotopic (exact) mass is 268 g/mol. The van der Waals surface area contributed by atoms with Crippen LogP contribution >= 0.6 is 0 Å². The van der Waals surface area contributed by atoms with E-state index < -0.39 is 0 Å². The highest BCUT2D eigenvalue weighted by molar-refractivity contribution is 5.82. The second-order valence-corrected chi connectivity index (χ2v) is 5.09. The molecular weight excluding hydrogens is 252 g/mol. The Morgan fingerprint density at radius 2 is 1.80 bits per heavy atom. The SMILES string of the molecule is CC(C)n1c(-c2ccc(O)cc2O)nc2ccccc21. The zero-order valence-electron chi connectivity index (χ0n) is 11.4. The minimum atomic E-state index is 0.0298. The predicted octanol–water partition coefficient (Wildman–Crippen LogP) is 3.70. The molecule has 3 aromatic rings. The molecule has 0 amide bonds. The summed E-state index contributed by atoms with van der Waals surface area (Å²) in [6.45, 7) is 4.16. The molecule has 2 aromatic carbocycles. The van der Waals surface area contributed by atoms with E-state index in [2.05, 4.69) is 23.4 Å². The summed E-state index contributed by atoms with van der Waals surface area (Å²) in [5.41, 5.74) is 2.54. The Labute approximate surface area is 116 Å². The number of para-hydroxylation sites is 2. The molecule has 0 saturated carbocycles. The van der Waals surface area contributed by atoms with Crippen molar-refractivity contribution in [3.63, 3.8) is 0 Å². The van der Waals surface area contributed by atoms with E-state index in [4.69, 9.17) is 0 Å². The van der Waals surface area contributed by atoms with Gasteiger partial charge in [0.05, 0.1) is 16.6 Å². The van der Waals surface area contributed by atoms with Gasteiger partial charge in [0.25, 0.3) is 0 Å². The molecule has 0 bridgehead atoms. The molecule has 0 atom stereocenters. The van der Waals surface area contributed by atoms with E-state index in [-0.39, 0.29) is 17.5 Å². The van der Waals surface area contributed by atoms with Crippen molar-refractivity contribution >= 4 is 11.0 Å². The maximum atomic E-state index is 10.1. The minimum Gasteiger partial charge on any atom is -0.508 e. The zero-order valence-corrected chi connectivity index (χ0v) is 11.4. The summed E-state index contributed by atoms with van der Waals surface area (Å²) < 4.78 is 2.08. The van der Waals surface area contributed by atoms with Gasteiger partial charge in [-0.15, -0.1) is 0 Å². The van der Waals surface area contributed by atoms with Crippen molar-refractivity contribution in [3.8, 4) is 22.9 Å². The van der Waals surface area contributed by atoms with E-state index in [9.17, 15) is 10.2 Å². The van der Waals surface area contributed by atoms with Gasteiger partial charge in [-0.2, -0.15) is 0 Å². The lowest BCUT2D eigenvalue weighted by Crippen LogP contribution is -2.03. The largest absolute Gasteiger partial charge is 0.508 e. The van der Waals surface area contributed by atoms with Crippen LogP contribution in [0.15, 0.2) is 42.5 Å². The second-order valence-electron chi connectivity index (χ2n) is 5.09. The molecule has 20 heavy (non-hydrogen) atoms. The van der Waals surface area contributed by atoms with Crippen LogP contribution in [0.5, 0.6) is 11.5 Å². The lowest BCUT2D eigenvalue weighted by Gasteiger charge is -2.14. The predicted molar refractivity (Wildman–Crippen MR) is 78.9 cm³/mol. The van der Waals surface area contributed by atoms with E-state index in [1.165, 1.54) is 6.07 Å². The van der Waals surface area contributed by atoms with Gasteiger partial charge in [-0.25, -0.2) is 4.98 Å². The summed E-state index contributed by atoms with van der Waals surface area (Å²) in [6.07, 6.45) is 0. The normalized spacial score (nSPS) is 11.3. The summed E-state index contributed by atoms with van der Waals surface area (Å²) in [5, 5.41) is 19.5. The fourth-order valence-corrected chi connectivity index (χ4v) is 2.47. The Morgan fingerprint density at radius 1 is 1.05 bits per heavy atom. The van der Waals surface area contributed by atoms with E-state index in [1.54, 1.807) is 12.1 Å². The van der Waals surface area contributed by atoms with Gasteiger partial charge < -0.3 is 14.8 Å². The number of imidazole rings is 1. The lowest BCUT2D eigenvalue weighted by molar-refractivity contribution is 0.451. The van der Waals surface area contributed by atoms with Crippen LogP contribution in [0, 0.1) is 0 Å². The fourth-order valence-electron chi connectivity index (χ4n) is 2.47. The average molecular weight is 268 g/mol. The van der Waals surface area contributed by atoms with Crippen molar-refractivity contribution in [3.05, 3.63) is 42.5 Å². The Balaban J connectivity index is 2.32. The zero-order chi connectivity index (χ0) is 14.3. The van der Waals surface area contributed by atoms with Crippen LogP contribution in [0.1, 0.15) is 19.9 Å². The van der Waals surface area contributed by atoms with Gasteiger partial charge in [-0.05, 0) is 38.1 Å². The molecular formula is C16H16N2O2. The number of hydrogen-bond donors (Lipinski definition) is 2. The highest BCUT2D eigenvalue weighted by Crippen LogP contribution is 2.35. The number of rotatable bonds is 2. The molecule has 4 heteroatoms. The van der Waals surface area contributed by atoms with Gasteiger partial charge in [0.15, 0.2) is 0 Å². The molecule has 0 unspecified atom stereocenters. The fraction of sp³-hybridized carbons (Fsp3) is 0.188. The molecule has 0 aliphatic heterocycles. The Kier molecular flexibility index (Phi) is 2.86. The van der Waals surface area contributed by atoms with Gasteiger partial charge in [0.2, 0.25) is 0 Å². The van der Waals surface area contributed by atoms with Crippen LogP contribution in [0.25, 0.3) is 22.4 Å². The van der Waals surface area contributed by atoms with Gasteiger partial charge in [-0.1, -0.05) is 12.1 Å². The number of benzene rings is 2. The van der Waals surface area contributed by atoms with Crippen molar-refractivity contribution in [1.82, 2.24) is 9.55 Å². The van der Waals surface area contributed by atoms with Crippen molar-refractivity contribution in [2.45, 2.75) is 19.9 Å². The number of hydrogen-bond acceptors (Lipinski definition) is 3. The first-order valence-electron chi connectivity index (χ1n) is 6.57. The van der Waals surface area contributed by atoms with Gasteiger partial charge in [0, 0.05) is 12.1 Å². The Bertz CT molecular complexity index is 775. The van der Waals surface area contributed by atoms with Crippen LogP contribution in [0.2, 0.25) is 0 Å². The molecule has 4 nitrogen and oxygen atoms in total. The standard InChI is InChI=1S/C16H16N2O2/c1-10(2)18-14-6-4-3-5-13(14)17-16(18)12-8-7-11(19)9-15(12)20/h3-10,19-20H,1-2H3. The molecule has 102 valence electrons. The summed E-state index contributed by atoms with van der Waals surface area (Å²) in [5.74, 6) is 0.777. The first kappa shape index (κ1) is 12.5. The van der Waals surface area contributed by atoms with Crippen LogP contribution in [-0.2, 0) is 0 Å². The van der Waals surface area contributed by atoms with E-state index >= 15 is 0 Å². The quantitative estimate of drug-likeness (QED) is 0.745. The molecule has 0 radical (unpaired) electrons. The van der Waals surface area contributed by atoms with Crippen molar-refractivity contribution in [1.29, 1.82) is 0 Å². The molecule has 0 fully saturated rings. The second kappa shape index (κ2) is 4.56. The van der Waals surface area contributed by atoms with E-state index in [0.717, 1.165) is 11.0 Å². The highest BCUT2D eigenvalue weighted by atomic mass is 16.3. The number of phenols is 2. The first-order valence-corrected chi connectivity index (χ1v) is 6.57. The van der Waals surface area contributed by atoms with Crippen molar-refractivity contribution in [2.75, 3.05) is 0 Å². The van der Waals surface area contributed by atoms with Crippen molar-refractivity contribution in [2.24, 2.45) is 0 Å². The smallest absolute Gasteiger partial charge is 0.145 e. The lowest BCUT2D eigenvalue weighted by atomic mass is 10.1. The average Bonchev–Trinajstić information content (AvgIpc) is 2.77. The van der Waals surface area contributed by atoms with E-state index in [1.807, 2.05) is 24.3 Å². The molecule has 1 heterocycles. The van der Waals surface area contributed by atoms with Crippen LogP contribution in [0.3, 0.4) is 0 Å². The third kappa shape index (κ3) is 1.90. The first-order chi connectivity index (χ1) is 9.58. The third-order valence-electron chi connectivity index (χ3n) is 3.33. The maximum Gasteiger partial charge on any atom is 0.145 e. The number of phenolic OH excluding ortho intramolecular Hbond substituents is 2. The number of nitrogens with zero attached hydrogens (tertiary/aromatic N) is 2. The molecule has 0 spiro atoms. The molecule has 0 aliphatic rings. The van der Waals surface area contributed by atoms with Crippen LogP contribution in [-0.4, -0.2) is 19.8 Å². The van der Waals surface area contributed by atoms with Gasteiger partial charge in [-0.3, -0.25) is 0 Å².